The van der Waals surface area contributed by atoms with Gasteiger partial charge in [-0.05, 0) is 57.0 Å². The van der Waals surface area contributed by atoms with Gasteiger partial charge < -0.3 is 15.8 Å². The summed E-state index contributed by atoms with van der Waals surface area (Å²) in [6.07, 6.45) is 6.94. The molecule has 190 valence electrons. The van der Waals surface area contributed by atoms with Crippen LogP contribution in [0, 0.1) is 18.3 Å². The summed E-state index contributed by atoms with van der Waals surface area (Å²) in [7, 11) is 0. The molecule has 2 aromatic rings. The number of carbonyl (C=O) groups excluding carboxylic acids is 1. The molecule has 0 saturated carbocycles. The number of aromatic nitrogens is 2. The Morgan fingerprint density at radius 1 is 1.36 bits per heavy atom. The van der Waals surface area contributed by atoms with Crippen molar-refractivity contribution < 1.29 is 13.9 Å². The molecule has 8 nitrogen and oxygen atoms in total. The van der Waals surface area contributed by atoms with Crippen molar-refractivity contribution in [3.63, 3.8) is 0 Å². The summed E-state index contributed by atoms with van der Waals surface area (Å²) in [6, 6.07) is 7.02. The van der Waals surface area contributed by atoms with Crippen molar-refractivity contribution in [2.24, 2.45) is 5.73 Å². The van der Waals surface area contributed by atoms with E-state index in [-0.39, 0.29) is 11.7 Å². The van der Waals surface area contributed by atoms with Crippen molar-refractivity contribution in [2.75, 3.05) is 31.6 Å². The molecule has 0 aromatic carbocycles. The van der Waals surface area contributed by atoms with Crippen LogP contribution in [0.25, 0.3) is 5.57 Å². The zero-order valence-electron chi connectivity index (χ0n) is 21.2. The minimum absolute atomic E-state index is 0.0527. The number of alkyl halides is 1. The van der Waals surface area contributed by atoms with Crippen LogP contribution < -0.4 is 11.1 Å². The van der Waals surface area contributed by atoms with E-state index in [9.17, 15) is 14.4 Å². The topological polar surface area (TPSA) is 117 Å². The molecule has 1 saturated heterocycles. The number of nitrogens with zero attached hydrogens (tertiary/aromatic N) is 4. The smallest absolute Gasteiger partial charge is 0.274 e. The van der Waals surface area contributed by atoms with Gasteiger partial charge in [-0.3, -0.25) is 19.7 Å². The van der Waals surface area contributed by atoms with E-state index in [1.165, 1.54) is 38.5 Å². The number of nitrogens with one attached hydrogen (secondary N) is 1. The number of aryl methyl sites for hydroxylation is 1. The number of rotatable bonds is 8. The van der Waals surface area contributed by atoms with Crippen molar-refractivity contribution in [3.05, 3.63) is 71.0 Å². The molecule has 2 aromatic heterocycles. The summed E-state index contributed by atoms with van der Waals surface area (Å²) >= 11 is 0. The fourth-order valence-electron chi connectivity index (χ4n) is 4.16. The quantitative estimate of drug-likeness (QED) is 0.421. The summed E-state index contributed by atoms with van der Waals surface area (Å²) < 4.78 is 19.8. The lowest BCUT2D eigenvalue weighted by molar-refractivity contribution is 0.0237. The number of carbonyl (C=O) groups is 1. The summed E-state index contributed by atoms with van der Waals surface area (Å²) in [5.41, 5.74) is 7.87. The predicted octanol–water partition coefficient (Wildman–Crippen LogP) is 4.10. The van der Waals surface area contributed by atoms with Crippen LogP contribution in [0.4, 0.5) is 10.1 Å². The van der Waals surface area contributed by atoms with E-state index in [4.69, 9.17) is 10.5 Å². The summed E-state index contributed by atoms with van der Waals surface area (Å²) in [4.78, 5) is 23.5. The maximum Gasteiger partial charge on any atom is 0.274 e. The third-order valence-electron chi connectivity index (χ3n) is 6.19. The number of pyridine rings is 2. The molecule has 1 amide bonds. The Kier molecular flexibility index (Phi) is 8.91. The highest BCUT2D eigenvalue weighted by Gasteiger charge is 2.24. The minimum atomic E-state index is -1.60. The fraction of sp³-hybridized carbons (Fsp3) is 0.407. The van der Waals surface area contributed by atoms with Crippen LogP contribution in [-0.2, 0) is 10.4 Å². The third kappa shape index (κ3) is 6.53. The van der Waals surface area contributed by atoms with E-state index in [0.29, 0.717) is 46.9 Å². The van der Waals surface area contributed by atoms with Crippen molar-refractivity contribution >= 4 is 17.2 Å². The van der Waals surface area contributed by atoms with E-state index >= 15 is 0 Å². The van der Waals surface area contributed by atoms with Gasteiger partial charge in [0.15, 0.2) is 0 Å². The van der Waals surface area contributed by atoms with Crippen molar-refractivity contribution in [3.8, 4) is 6.07 Å². The highest BCUT2D eigenvalue weighted by Crippen LogP contribution is 2.27. The average molecular weight is 493 g/mol. The SMILES string of the molecule is CCC(/C(C#N)=C\C(=C/N)c1cc(NC(=O)c2cc(C(C)(C)F)ccn2)cnc1C)N1CCOCC1. The van der Waals surface area contributed by atoms with Crippen LogP contribution in [0.3, 0.4) is 0 Å². The number of amides is 1. The van der Waals surface area contributed by atoms with Crippen LogP contribution in [-0.4, -0.2) is 53.1 Å². The van der Waals surface area contributed by atoms with E-state index in [1.54, 1.807) is 18.2 Å². The molecule has 1 atom stereocenters. The van der Waals surface area contributed by atoms with Gasteiger partial charge in [-0.1, -0.05) is 6.92 Å². The first kappa shape index (κ1) is 27.0. The predicted molar refractivity (Wildman–Crippen MR) is 138 cm³/mol. The standard InChI is InChI=1S/C27H33FN6O2/c1-5-25(34-8-10-36-11-9-34)20(16-30)12-19(15-29)23-14-22(17-32-18(23)2)33-26(35)24-13-21(6-7-31-24)27(3,4)28/h6-7,12-15,17,25H,5,8-11,29H2,1-4H3,(H,33,35)/b19-15+,20-12-. The van der Waals surface area contributed by atoms with Gasteiger partial charge in [-0.2, -0.15) is 5.26 Å². The monoisotopic (exact) mass is 492 g/mol. The van der Waals surface area contributed by atoms with Gasteiger partial charge in [0.2, 0.25) is 0 Å². The van der Waals surface area contributed by atoms with Crippen LogP contribution in [0.5, 0.6) is 0 Å². The molecule has 1 fully saturated rings. The summed E-state index contributed by atoms with van der Waals surface area (Å²) in [6.45, 7) is 9.52. The average Bonchev–Trinajstić information content (AvgIpc) is 2.88. The highest BCUT2D eigenvalue weighted by molar-refractivity contribution is 6.03. The number of nitriles is 1. The Morgan fingerprint density at radius 2 is 2.08 bits per heavy atom. The van der Waals surface area contributed by atoms with Crippen LogP contribution >= 0.6 is 0 Å². The van der Waals surface area contributed by atoms with Crippen molar-refractivity contribution in [1.82, 2.24) is 14.9 Å². The Labute approximate surface area is 211 Å². The third-order valence-corrected chi connectivity index (χ3v) is 6.19. The molecule has 0 bridgehead atoms. The molecule has 1 aliphatic heterocycles. The molecule has 0 aliphatic carbocycles. The maximum atomic E-state index is 14.3. The molecule has 36 heavy (non-hydrogen) atoms. The molecule has 3 rings (SSSR count). The number of morpholine rings is 1. The molecular weight excluding hydrogens is 459 g/mol. The zero-order valence-corrected chi connectivity index (χ0v) is 21.2. The van der Waals surface area contributed by atoms with Gasteiger partial charge in [0.05, 0.1) is 31.2 Å². The number of hydrogen-bond donors (Lipinski definition) is 2. The maximum absolute atomic E-state index is 14.3. The molecule has 0 radical (unpaired) electrons. The Morgan fingerprint density at radius 3 is 2.69 bits per heavy atom. The highest BCUT2D eigenvalue weighted by atomic mass is 19.1. The summed E-state index contributed by atoms with van der Waals surface area (Å²) in [5, 5.41) is 12.7. The van der Waals surface area contributed by atoms with E-state index in [0.717, 1.165) is 19.5 Å². The molecule has 0 spiro atoms. The second-order valence-corrected chi connectivity index (χ2v) is 9.12. The first-order valence-corrected chi connectivity index (χ1v) is 12.0. The molecule has 9 heteroatoms. The Hall–Kier alpha value is -3.61. The van der Waals surface area contributed by atoms with Crippen LogP contribution in [0.2, 0.25) is 0 Å². The normalized spacial score (nSPS) is 16.3. The number of anilines is 1. The van der Waals surface area contributed by atoms with Gasteiger partial charge in [-0.25, -0.2) is 4.39 Å². The van der Waals surface area contributed by atoms with Gasteiger partial charge in [0.25, 0.3) is 5.91 Å². The van der Waals surface area contributed by atoms with Crippen molar-refractivity contribution in [1.29, 1.82) is 5.26 Å². The molecule has 3 heterocycles. The van der Waals surface area contributed by atoms with Gasteiger partial charge in [0, 0.05) is 53.9 Å². The second kappa shape index (κ2) is 11.9. The number of hydrogen-bond acceptors (Lipinski definition) is 7. The first-order chi connectivity index (χ1) is 17.2. The number of halogens is 1. The largest absolute Gasteiger partial charge is 0.404 e. The lowest BCUT2D eigenvalue weighted by atomic mass is 9.97. The van der Waals surface area contributed by atoms with E-state index in [1.807, 2.05) is 13.8 Å². The Balaban J connectivity index is 1.88. The van der Waals surface area contributed by atoms with Gasteiger partial charge in [0.1, 0.15) is 11.4 Å². The fourth-order valence-corrected chi connectivity index (χ4v) is 4.16. The Bertz CT molecular complexity index is 1190. The zero-order chi connectivity index (χ0) is 26.3. The molecule has 3 N–H and O–H groups in total. The summed E-state index contributed by atoms with van der Waals surface area (Å²) in [5.74, 6) is -0.484. The van der Waals surface area contributed by atoms with Crippen LogP contribution in [0.15, 0.2) is 48.4 Å². The minimum Gasteiger partial charge on any atom is -0.404 e. The van der Waals surface area contributed by atoms with Gasteiger partial charge >= 0.3 is 0 Å². The van der Waals surface area contributed by atoms with E-state index < -0.39 is 11.6 Å². The first-order valence-electron chi connectivity index (χ1n) is 12.0. The number of ether oxygens (including phenoxy) is 1. The van der Waals surface area contributed by atoms with Crippen LogP contribution in [0.1, 0.15) is 54.5 Å². The molecule has 1 unspecified atom stereocenters. The molecule has 1 aliphatic rings. The molecular formula is C27H33FN6O2. The lowest BCUT2D eigenvalue weighted by Gasteiger charge is -2.33. The lowest BCUT2D eigenvalue weighted by Crippen LogP contribution is -2.44. The van der Waals surface area contributed by atoms with E-state index in [2.05, 4.69) is 26.3 Å². The second-order valence-electron chi connectivity index (χ2n) is 9.12. The van der Waals surface area contributed by atoms with Crippen molar-refractivity contribution in [2.45, 2.75) is 45.8 Å². The number of nitrogens with two attached hydrogens (primary N) is 1. The van der Waals surface area contributed by atoms with Gasteiger partial charge in [-0.15, -0.1) is 0 Å². The number of allylic oxidation sites excluding steroid dienone is 2.